The van der Waals surface area contributed by atoms with Crippen LogP contribution in [0.1, 0.15) is 22.8 Å². The van der Waals surface area contributed by atoms with Crippen LogP contribution in [0.3, 0.4) is 0 Å². The standard InChI is InChI=1S/C19H19F3N2O4/c1-28-14-8-2-11(3-9-14)10-15(17(23)26)24-18(27)16(25)12-4-6-13(7-5-12)19(20,21)22/h2-9,15-16,25H,10H2,1H3,(H2,23,26)(H,24,27)/t15-,16+/m1/s1. The van der Waals surface area contributed by atoms with E-state index in [1.165, 1.54) is 7.11 Å². The summed E-state index contributed by atoms with van der Waals surface area (Å²) in [7, 11) is 1.50. The number of aliphatic hydroxyl groups excluding tert-OH is 1. The molecule has 0 bridgehead atoms. The highest BCUT2D eigenvalue weighted by Gasteiger charge is 2.31. The number of nitrogens with two attached hydrogens (primary N) is 1. The maximum atomic E-state index is 12.6. The predicted octanol–water partition coefficient (Wildman–Crippen LogP) is 1.96. The summed E-state index contributed by atoms with van der Waals surface area (Å²) >= 11 is 0. The first-order chi connectivity index (χ1) is 13.1. The van der Waals surface area contributed by atoms with Crippen molar-refractivity contribution in [3.05, 3.63) is 65.2 Å². The molecule has 28 heavy (non-hydrogen) atoms. The van der Waals surface area contributed by atoms with E-state index in [0.717, 1.165) is 24.3 Å². The zero-order valence-electron chi connectivity index (χ0n) is 14.9. The molecule has 2 atom stereocenters. The van der Waals surface area contributed by atoms with Gasteiger partial charge in [0, 0.05) is 6.42 Å². The lowest BCUT2D eigenvalue weighted by Crippen LogP contribution is -2.47. The highest BCUT2D eigenvalue weighted by Crippen LogP contribution is 2.30. The van der Waals surface area contributed by atoms with Crippen molar-refractivity contribution >= 4 is 11.8 Å². The van der Waals surface area contributed by atoms with Gasteiger partial charge in [0.25, 0.3) is 5.91 Å². The minimum Gasteiger partial charge on any atom is -0.497 e. The molecule has 0 aliphatic heterocycles. The molecule has 0 aliphatic rings. The Kier molecular flexibility index (Phi) is 6.63. The first kappa shape index (κ1) is 21.2. The topological polar surface area (TPSA) is 102 Å². The third kappa shape index (κ3) is 5.46. The van der Waals surface area contributed by atoms with Crippen LogP contribution in [0.2, 0.25) is 0 Å². The van der Waals surface area contributed by atoms with Crippen molar-refractivity contribution in [3.8, 4) is 5.75 Å². The van der Waals surface area contributed by atoms with Crippen LogP contribution in [0.5, 0.6) is 5.75 Å². The number of aliphatic hydroxyl groups is 1. The van der Waals surface area contributed by atoms with Gasteiger partial charge in [-0.3, -0.25) is 9.59 Å². The van der Waals surface area contributed by atoms with Crippen molar-refractivity contribution in [1.29, 1.82) is 0 Å². The maximum Gasteiger partial charge on any atom is 0.416 e. The average molecular weight is 396 g/mol. The second-order valence-electron chi connectivity index (χ2n) is 6.04. The van der Waals surface area contributed by atoms with Crippen molar-refractivity contribution < 1.29 is 32.6 Å². The van der Waals surface area contributed by atoms with E-state index in [2.05, 4.69) is 5.32 Å². The number of carbonyl (C=O) groups excluding carboxylic acids is 2. The molecule has 0 spiro atoms. The van der Waals surface area contributed by atoms with E-state index in [1.54, 1.807) is 24.3 Å². The fourth-order valence-electron chi connectivity index (χ4n) is 2.48. The summed E-state index contributed by atoms with van der Waals surface area (Å²) < 4.78 is 42.8. The summed E-state index contributed by atoms with van der Waals surface area (Å²) in [4.78, 5) is 23.9. The monoisotopic (exact) mass is 396 g/mol. The summed E-state index contributed by atoms with van der Waals surface area (Å²) in [6.07, 6.45) is -6.20. The first-order valence-electron chi connectivity index (χ1n) is 8.19. The molecule has 0 aliphatic carbocycles. The Morgan fingerprint density at radius 1 is 1.11 bits per heavy atom. The number of benzene rings is 2. The lowest BCUT2D eigenvalue weighted by atomic mass is 10.0. The summed E-state index contributed by atoms with van der Waals surface area (Å²) in [6, 6.07) is 9.12. The summed E-state index contributed by atoms with van der Waals surface area (Å²) in [5, 5.41) is 12.4. The van der Waals surface area contributed by atoms with E-state index in [4.69, 9.17) is 10.5 Å². The molecule has 2 aromatic rings. The molecule has 0 unspecified atom stereocenters. The van der Waals surface area contributed by atoms with Crippen molar-refractivity contribution in [2.45, 2.75) is 24.7 Å². The number of hydrogen-bond donors (Lipinski definition) is 3. The van der Waals surface area contributed by atoms with Crippen LogP contribution in [0.4, 0.5) is 13.2 Å². The average Bonchev–Trinajstić information content (AvgIpc) is 2.66. The molecule has 2 rings (SSSR count). The van der Waals surface area contributed by atoms with E-state index < -0.39 is 35.7 Å². The van der Waals surface area contributed by atoms with E-state index >= 15 is 0 Å². The van der Waals surface area contributed by atoms with Crippen LogP contribution in [-0.4, -0.2) is 30.1 Å². The summed E-state index contributed by atoms with van der Waals surface area (Å²) in [6.45, 7) is 0. The molecule has 150 valence electrons. The Labute approximate surface area is 159 Å². The number of alkyl halides is 3. The summed E-state index contributed by atoms with van der Waals surface area (Å²) in [5.74, 6) is -1.15. The van der Waals surface area contributed by atoms with Gasteiger partial charge in [0.2, 0.25) is 5.91 Å². The first-order valence-corrected chi connectivity index (χ1v) is 8.19. The van der Waals surface area contributed by atoms with Crippen molar-refractivity contribution in [2.75, 3.05) is 7.11 Å². The molecule has 6 nitrogen and oxygen atoms in total. The molecule has 0 aromatic heterocycles. The zero-order valence-corrected chi connectivity index (χ0v) is 14.9. The molecular formula is C19H19F3N2O4. The van der Waals surface area contributed by atoms with Crippen LogP contribution in [0.15, 0.2) is 48.5 Å². The van der Waals surface area contributed by atoms with E-state index in [9.17, 15) is 27.9 Å². The third-order valence-corrected chi connectivity index (χ3v) is 4.06. The van der Waals surface area contributed by atoms with Crippen LogP contribution >= 0.6 is 0 Å². The van der Waals surface area contributed by atoms with Crippen molar-refractivity contribution in [2.24, 2.45) is 5.73 Å². The smallest absolute Gasteiger partial charge is 0.416 e. The van der Waals surface area contributed by atoms with Gasteiger partial charge in [-0.2, -0.15) is 13.2 Å². The number of primary amides is 1. The molecule has 0 saturated carbocycles. The van der Waals surface area contributed by atoms with Gasteiger partial charge >= 0.3 is 6.18 Å². The van der Waals surface area contributed by atoms with Crippen molar-refractivity contribution in [3.63, 3.8) is 0 Å². The van der Waals surface area contributed by atoms with Crippen molar-refractivity contribution in [1.82, 2.24) is 5.32 Å². The van der Waals surface area contributed by atoms with Gasteiger partial charge < -0.3 is 20.9 Å². The molecule has 9 heteroatoms. The van der Waals surface area contributed by atoms with Crippen LogP contribution in [0.25, 0.3) is 0 Å². The van der Waals surface area contributed by atoms with Gasteiger partial charge in [-0.25, -0.2) is 0 Å². The molecule has 0 saturated heterocycles. The molecule has 4 N–H and O–H groups in total. The van der Waals surface area contributed by atoms with E-state index in [-0.39, 0.29) is 12.0 Å². The van der Waals surface area contributed by atoms with Gasteiger partial charge in [0.05, 0.1) is 12.7 Å². The number of methoxy groups -OCH3 is 1. The molecule has 2 aromatic carbocycles. The van der Waals surface area contributed by atoms with E-state index in [0.29, 0.717) is 11.3 Å². The highest BCUT2D eigenvalue weighted by molar-refractivity contribution is 5.89. The number of amides is 2. The van der Waals surface area contributed by atoms with Crippen LogP contribution in [-0.2, 0) is 22.2 Å². The number of halogens is 3. The third-order valence-electron chi connectivity index (χ3n) is 4.06. The van der Waals surface area contributed by atoms with Gasteiger partial charge in [0.15, 0.2) is 6.10 Å². The highest BCUT2D eigenvalue weighted by atomic mass is 19.4. The largest absolute Gasteiger partial charge is 0.497 e. The molecule has 0 radical (unpaired) electrons. The van der Waals surface area contributed by atoms with Gasteiger partial charge in [-0.15, -0.1) is 0 Å². The molecule has 0 heterocycles. The fraction of sp³-hybridized carbons (Fsp3) is 0.263. The SMILES string of the molecule is COc1ccc(C[C@@H](NC(=O)[C@@H](O)c2ccc(C(F)(F)F)cc2)C(N)=O)cc1. The Balaban J connectivity index is 2.07. The van der Waals surface area contributed by atoms with Crippen LogP contribution < -0.4 is 15.8 Å². The minimum absolute atomic E-state index is 0.0434. The summed E-state index contributed by atoms with van der Waals surface area (Å²) in [5.41, 5.74) is 5.05. The Morgan fingerprint density at radius 3 is 2.14 bits per heavy atom. The minimum atomic E-state index is -4.53. The van der Waals surface area contributed by atoms with E-state index in [1.807, 2.05) is 0 Å². The zero-order chi connectivity index (χ0) is 20.9. The fourth-order valence-corrected chi connectivity index (χ4v) is 2.48. The lowest BCUT2D eigenvalue weighted by molar-refractivity contribution is -0.137. The second-order valence-corrected chi connectivity index (χ2v) is 6.04. The number of ether oxygens (including phenoxy) is 1. The van der Waals surface area contributed by atoms with Gasteiger partial charge in [-0.1, -0.05) is 24.3 Å². The Morgan fingerprint density at radius 2 is 1.68 bits per heavy atom. The molecule has 0 fully saturated rings. The molecular weight excluding hydrogens is 377 g/mol. The maximum absolute atomic E-state index is 12.6. The Hall–Kier alpha value is -3.07. The predicted molar refractivity (Wildman–Crippen MR) is 94.2 cm³/mol. The lowest BCUT2D eigenvalue weighted by Gasteiger charge is -2.19. The second kappa shape index (κ2) is 8.75. The number of nitrogens with one attached hydrogen (secondary N) is 1. The Bertz CT molecular complexity index is 821. The quantitative estimate of drug-likeness (QED) is 0.666. The van der Waals surface area contributed by atoms with Crippen LogP contribution in [0, 0.1) is 0 Å². The van der Waals surface area contributed by atoms with Gasteiger partial charge in [0.1, 0.15) is 11.8 Å². The number of rotatable bonds is 7. The molecule has 2 amide bonds. The normalized spacial score (nSPS) is 13.5. The van der Waals surface area contributed by atoms with Gasteiger partial charge in [-0.05, 0) is 35.4 Å². The number of hydrogen-bond acceptors (Lipinski definition) is 4. The number of carbonyl (C=O) groups is 2.